The SMILES string of the molecule is C=CNC(CCCCCCCC)CCCCCCCC(=O)OCCC(CCCCC)CCCCC. The van der Waals surface area contributed by atoms with Gasteiger partial charge in [0.15, 0.2) is 0 Å². The van der Waals surface area contributed by atoms with Gasteiger partial charge >= 0.3 is 5.97 Å². The Morgan fingerprint density at radius 2 is 1.11 bits per heavy atom. The highest BCUT2D eigenvalue weighted by Crippen LogP contribution is 2.21. The number of nitrogens with one attached hydrogen (secondary N) is 1. The van der Waals surface area contributed by atoms with Gasteiger partial charge in [0.05, 0.1) is 6.61 Å². The summed E-state index contributed by atoms with van der Waals surface area (Å²) < 4.78 is 5.58. The molecule has 0 aromatic heterocycles. The number of esters is 1. The Kier molecular flexibility index (Phi) is 26.8. The Labute approximate surface area is 220 Å². The molecule has 0 radical (unpaired) electrons. The molecule has 0 aliphatic carbocycles. The molecule has 208 valence electrons. The van der Waals surface area contributed by atoms with Crippen LogP contribution in [0.15, 0.2) is 12.8 Å². The third kappa shape index (κ3) is 24.5. The molecule has 1 N–H and O–H groups in total. The molecule has 1 unspecified atom stereocenters. The maximum Gasteiger partial charge on any atom is 0.305 e. The summed E-state index contributed by atoms with van der Waals surface area (Å²) in [6, 6.07) is 0.585. The molecule has 0 amide bonds. The monoisotopic (exact) mass is 493 g/mol. The number of ether oxygens (including phenoxy) is 1. The fourth-order valence-corrected chi connectivity index (χ4v) is 5.05. The quantitative estimate of drug-likeness (QED) is 0.0870. The van der Waals surface area contributed by atoms with E-state index in [-0.39, 0.29) is 5.97 Å². The van der Waals surface area contributed by atoms with Gasteiger partial charge in [-0.1, -0.05) is 143 Å². The highest BCUT2D eigenvalue weighted by Gasteiger charge is 2.11. The zero-order chi connectivity index (χ0) is 25.8. The predicted molar refractivity (Wildman–Crippen MR) is 155 cm³/mol. The molecule has 0 aromatic rings. The summed E-state index contributed by atoms with van der Waals surface area (Å²) in [5.41, 5.74) is 0. The molecule has 3 nitrogen and oxygen atoms in total. The molecule has 0 aliphatic rings. The number of hydrogen-bond acceptors (Lipinski definition) is 3. The van der Waals surface area contributed by atoms with Gasteiger partial charge in [0, 0.05) is 12.5 Å². The lowest BCUT2D eigenvalue weighted by molar-refractivity contribution is -0.144. The lowest BCUT2D eigenvalue weighted by atomic mass is 9.92. The average Bonchev–Trinajstić information content (AvgIpc) is 2.85. The fraction of sp³-hybridized carbons (Fsp3) is 0.906. The van der Waals surface area contributed by atoms with E-state index in [4.69, 9.17) is 4.74 Å². The second-order valence-corrected chi connectivity index (χ2v) is 10.8. The molecule has 0 fully saturated rings. The molecule has 0 aromatic carbocycles. The number of unbranched alkanes of at least 4 members (excludes halogenated alkanes) is 13. The van der Waals surface area contributed by atoms with Crippen molar-refractivity contribution in [2.45, 2.75) is 174 Å². The first-order chi connectivity index (χ1) is 17.2. The molecular formula is C32H63NO2. The van der Waals surface area contributed by atoms with Crippen LogP contribution in [0.2, 0.25) is 0 Å². The van der Waals surface area contributed by atoms with E-state index in [9.17, 15) is 4.79 Å². The standard InChI is InChI=1S/C32H63NO2/c1-5-9-12-13-15-20-25-31(33-8-4)26-21-16-14-17-22-27-32(34)35-29-28-30(23-18-10-6-2)24-19-11-7-3/h8,30-31,33H,4-7,9-29H2,1-3H3. The zero-order valence-corrected chi connectivity index (χ0v) is 24.2. The van der Waals surface area contributed by atoms with Crippen LogP contribution in [0.1, 0.15) is 168 Å². The molecule has 0 saturated carbocycles. The van der Waals surface area contributed by atoms with Crippen LogP contribution in [0.25, 0.3) is 0 Å². The van der Waals surface area contributed by atoms with E-state index in [2.05, 4.69) is 32.7 Å². The molecule has 0 saturated heterocycles. The van der Waals surface area contributed by atoms with Crippen LogP contribution in [-0.4, -0.2) is 18.6 Å². The Bertz CT molecular complexity index is 441. The summed E-state index contributed by atoms with van der Waals surface area (Å²) in [6.45, 7) is 11.3. The van der Waals surface area contributed by atoms with Gasteiger partial charge in [0.1, 0.15) is 0 Å². The van der Waals surface area contributed by atoms with Crippen molar-refractivity contribution in [3.8, 4) is 0 Å². The van der Waals surface area contributed by atoms with Crippen LogP contribution in [0.4, 0.5) is 0 Å². The first kappa shape index (κ1) is 34.0. The zero-order valence-electron chi connectivity index (χ0n) is 24.2. The number of hydrogen-bond donors (Lipinski definition) is 1. The van der Waals surface area contributed by atoms with Crippen LogP contribution in [0.5, 0.6) is 0 Å². The third-order valence-corrected chi connectivity index (χ3v) is 7.41. The van der Waals surface area contributed by atoms with Gasteiger partial charge in [0.25, 0.3) is 0 Å². The Balaban J connectivity index is 3.78. The summed E-state index contributed by atoms with van der Waals surface area (Å²) in [7, 11) is 0. The third-order valence-electron chi connectivity index (χ3n) is 7.41. The highest BCUT2D eigenvalue weighted by atomic mass is 16.5. The second kappa shape index (κ2) is 27.6. The Hall–Kier alpha value is -0.990. The second-order valence-electron chi connectivity index (χ2n) is 10.8. The van der Waals surface area contributed by atoms with Crippen molar-refractivity contribution in [3.63, 3.8) is 0 Å². The van der Waals surface area contributed by atoms with Crippen LogP contribution < -0.4 is 5.32 Å². The van der Waals surface area contributed by atoms with Gasteiger partial charge in [-0.05, 0) is 37.8 Å². The highest BCUT2D eigenvalue weighted by molar-refractivity contribution is 5.69. The average molecular weight is 494 g/mol. The molecule has 1 atom stereocenters. The summed E-state index contributed by atoms with van der Waals surface area (Å²) in [5, 5.41) is 3.46. The molecule has 0 aliphatic heterocycles. The van der Waals surface area contributed by atoms with Crippen LogP contribution in [-0.2, 0) is 9.53 Å². The van der Waals surface area contributed by atoms with Gasteiger partial charge in [-0.25, -0.2) is 0 Å². The van der Waals surface area contributed by atoms with Gasteiger partial charge in [0.2, 0.25) is 0 Å². The van der Waals surface area contributed by atoms with E-state index in [1.165, 1.54) is 122 Å². The molecule has 35 heavy (non-hydrogen) atoms. The van der Waals surface area contributed by atoms with E-state index >= 15 is 0 Å². The van der Waals surface area contributed by atoms with Crippen molar-refractivity contribution in [1.82, 2.24) is 5.32 Å². The van der Waals surface area contributed by atoms with E-state index in [1.807, 2.05) is 6.20 Å². The molecule has 0 spiro atoms. The van der Waals surface area contributed by atoms with Crippen LogP contribution in [0.3, 0.4) is 0 Å². The maximum absolute atomic E-state index is 12.1. The molecular weight excluding hydrogens is 430 g/mol. The summed E-state index contributed by atoms with van der Waals surface area (Å²) in [6.07, 6.45) is 30.5. The first-order valence-corrected chi connectivity index (χ1v) is 15.7. The number of rotatable bonds is 28. The minimum Gasteiger partial charge on any atom is -0.466 e. The van der Waals surface area contributed by atoms with Crippen LogP contribution >= 0.6 is 0 Å². The van der Waals surface area contributed by atoms with Gasteiger partial charge < -0.3 is 10.1 Å². The first-order valence-electron chi connectivity index (χ1n) is 15.7. The smallest absolute Gasteiger partial charge is 0.305 e. The van der Waals surface area contributed by atoms with E-state index in [1.54, 1.807) is 0 Å². The van der Waals surface area contributed by atoms with Gasteiger partial charge in [-0.3, -0.25) is 4.79 Å². The van der Waals surface area contributed by atoms with Crippen LogP contribution in [0, 0.1) is 5.92 Å². The maximum atomic E-state index is 12.1. The van der Waals surface area contributed by atoms with Crippen molar-refractivity contribution < 1.29 is 9.53 Å². The lowest BCUT2D eigenvalue weighted by Gasteiger charge is -2.17. The summed E-state index contributed by atoms with van der Waals surface area (Å²) in [4.78, 5) is 12.1. The molecule has 3 heteroatoms. The topological polar surface area (TPSA) is 38.3 Å². The van der Waals surface area contributed by atoms with E-state index in [0.29, 0.717) is 19.1 Å². The largest absolute Gasteiger partial charge is 0.466 e. The molecule has 0 rings (SSSR count). The minimum atomic E-state index is 0.0139. The van der Waals surface area contributed by atoms with Crippen molar-refractivity contribution in [2.75, 3.05) is 6.61 Å². The molecule has 0 heterocycles. The number of carbonyl (C=O) groups is 1. The number of carbonyl (C=O) groups excluding carboxylic acids is 1. The predicted octanol–water partition coefficient (Wildman–Crippen LogP) is 10.3. The van der Waals surface area contributed by atoms with E-state index < -0.39 is 0 Å². The van der Waals surface area contributed by atoms with E-state index in [0.717, 1.165) is 25.2 Å². The van der Waals surface area contributed by atoms with Crippen molar-refractivity contribution in [3.05, 3.63) is 12.8 Å². The molecule has 0 bridgehead atoms. The lowest BCUT2D eigenvalue weighted by Crippen LogP contribution is -2.23. The fourth-order valence-electron chi connectivity index (χ4n) is 5.05. The van der Waals surface area contributed by atoms with Crippen molar-refractivity contribution in [1.29, 1.82) is 0 Å². The minimum absolute atomic E-state index is 0.0139. The Morgan fingerprint density at radius 1 is 0.657 bits per heavy atom. The van der Waals surface area contributed by atoms with Gasteiger partial charge in [-0.2, -0.15) is 0 Å². The summed E-state index contributed by atoms with van der Waals surface area (Å²) in [5.74, 6) is 0.751. The van der Waals surface area contributed by atoms with Gasteiger partial charge in [-0.15, -0.1) is 0 Å². The summed E-state index contributed by atoms with van der Waals surface area (Å²) >= 11 is 0. The normalized spacial score (nSPS) is 12.1. The van der Waals surface area contributed by atoms with Crippen molar-refractivity contribution >= 4 is 5.97 Å². The van der Waals surface area contributed by atoms with Crippen molar-refractivity contribution in [2.24, 2.45) is 5.92 Å². The Morgan fingerprint density at radius 3 is 1.66 bits per heavy atom.